The van der Waals surface area contributed by atoms with Crippen molar-refractivity contribution in [2.24, 2.45) is 0 Å². The maximum atomic E-state index is 14.4. The second kappa shape index (κ2) is 15.4. The van der Waals surface area contributed by atoms with Crippen molar-refractivity contribution in [3.05, 3.63) is 83.4 Å². The van der Waals surface area contributed by atoms with E-state index < -0.39 is 49.8 Å². The zero-order chi connectivity index (χ0) is 35.1. The van der Waals surface area contributed by atoms with Crippen molar-refractivity contribution in [2.75, 3.05) is 13.1 Å². The fourth-order valence-corrected chi connectivity index (χ4v) is 5.92. The van der Waals surface area contributed by atoms with Gasteiger partial charge in [0.1, 0.15) is 17.5 Å². The molecular formula is C33H35N2O13P. The molecular weight excluding hydrogens is 663 g/mol. The van der Waals surface area contributed by atoms with Crippen LogP contribution in [0.2, 0.25) is 0 Å². The molecule has 15 nitrogen and oxygen atoms in total. The number of carbonyl (C=O) groups excluding carboxylic acids is 2. The lowest BCUT2D eigenvalue weighted by Crippen LogP contribution is -2.46. The third-order valence-electron chi connectivity index (χ3n) is 7.96. The molecule has 2 aliphatic rings. The Hall–Kier alpha value is -5.11. The normalized spacial score (nSPS) is 14.9. The van der Waals surface area contributed by atoms with Crippen molar-refractivity contribution in [2.45, 2.75) is 56.8 Å². The van der Waals surface area contributed by atoms with Gasteiger partial charge in [-0.1, -0.05) is 37.5 Å². The number of ether oxygens (including phenoxy) is 4. The third kappa shape index (κ3) is 9.28. The number of hydrogen-bond acceptors (Lipinski definition) is 9. The molecule has 16 heteroatoms. The van der Waals surface area contributed by atoms with Crippen LogP contribution in [0.25, 0.3) is 0 Å². The fraction of sp³-hybridized carbons (Fsp3) is 0.333. The molecule has 1 heterocycles. The molecule has 0 aromatic heterocycles. The molecule has 0 radical (unpaired) electrons. The van der Waals surface area contributed by atoms with Gasteiger partial charge in [0.05, 0.1) is 0 Å². The summed E-state index contributed by atoms with van der Waals surface area (Å²) < 4.78 is 32.6. The van der Waals surface area contributed by atoms with Gasteiger partial charge in [0.25, 0.3) is 12.0 Å². The first kappa shape index (κ1) is 35.2. The van der Waals surface area contributed by atoms with E-state index >= 15 is 0 Å². The molecule has 0 bridgehead atoms. The quantitative estimate of drug-likeness (QED) is 0.120. The summed E-state index contributed by atoms with van der Waals surface area (Å²) in [7, 11) is -4.45. The predicted molar refractivity (Wildman–Crippen MR) is 170 cm³/mol. The fourth-order valence-electron chi connectivity index (χ4n) is 5.61. The molecule has 5 N–H and O–H groups in total. The first-order chi connectivity index (χ1) is 23.4. The molecule has 3 aromatic carbocycles. The first-order valence-electron chi connectivity index (χ1n) is 15.4. The van der Waals surface area contributed by atoms with Crippen LogP contribution in [0.15, 0.2) is 66.7 Å². The maximum Gasteiger partial charge on any atom is 0.362 e. The van der Waals surface area contributed by atoms with Crippen LogP contribution in [0, 0.1) is 0 Å². The number of nitrogens with one attached hydrogen (secondary N) is 1. The Balaban J connectivity index is 1.51. The molecule has 1 aliphatic carbocycles. The van der Waals surface area contributed by atoms with Crippen LogP contribution in [0.5, 0.6) is 23.0 Å². The van der Waals surface area contributed by atoms with Crippen molar-refractivity contribution < 1.29 is 62.7 Å². The van der Waals surface area contributed by atoms with Gasteiger partial charge in [0, 0.05) is 18.2 Å². The van der Waals surface area contributed by atoms with Crippen LogP contribution in [0.4, 0.5) is 0 Å². The average Bonchev–Trinajstić information content (AvgIpc) is 3.54. The summed E-state index contributed by atoms with van der Waals surface area (Å²) in [5.41, 5.74) is 1.09. The van der Waals surface area contributed by atoms with Crippen molar-refractivity contribution >= 4 is 31.3 Å². The number of carboxylic acids is 2. The number of carbonyl (C=O) groups is 4. The topological polar surface area (TPSA) is 218 Å². The van der Waals surface area contributed by atoms with E-state index in [0.717, 1.165) is 32.1 Å². The van der Waals surface area contributed by atoms with Crippen molar-refractivity contribution in [3.8, 4) is 23.0 Å². The van der Waals surface area contributed by atoms with Gasteiger partial charge in [-0.05, 0) is 72.5 Å². The molecule has 5 rings (SSSR count). The van der Waals surface area contributed by atoms with E-state index in [9.17, 15) is 43.7 Å². The Bertz CT molecular complexity index is 1710. The third-order valence-corrected chi connectivity index (χ3v) is 8.43. The van der Waals surface area contributed by atoms with Crippen LogP contribution in [0.3, 0.4) is 0 Å². The standard InChI is InChI=1S/C33H35N2O13P/c36-30(34-23-4-2-1-3-5-23)28(21-7-11-24(12-8-21)47-19-49(42,43)44)35(17-20-6-15-26-27(16-20)46-18-45-26)31(37)22-9-13-25(14-10-22)48-29(32(38)39)33(40)41/h6-16,23,28-29H,1-5,17-19H2,(H,34,36)(H,38,39)(H,40,41)(H2,42,43,44). The SMILES string of the molecule is O=C(O)C(Oc1ccc(C(=O)N(Cc2ccc3c(c2)OCO3)C(C(=O)NC2CCCCC2)c2ccc(OCP(=O)(O)O)cc2)cc1)C(=O)O. The van der Waals surface area contributed by atoms with E-state index in [2.05, 4.69) is 5.32 Å². The predicted octanol–water partition coefficient (Wildman–Crippen LogP) is 3.68. The highest BCUT2D eigenvalue weighted by Gasteiger charge is 2.34. The van der Waals surface area contributed by atoms with Crippen LogP contribution in [-0.4, -0.2) is 73.9 Å². The Kier molecular flexibility index (Phi) is 11.1. The van der Waals surface area contributed by atoms with Crippen LogP contribution in [-0.2, 0) is 25.5 Å². The summed E-state index contributed by atoms with van der Waals surface area (Å²) in [6.07, 6.45) is 1.50. The minimum atomic E-state index is -4.45. The molecule has 260 valence electrons. The number of benzene rings is 3. The first-order valence-corrected chi connectivity index (χ1v) is 17.2. The minimum absolute atomic E-state index is 0.0311. The van der Waals surface area contributed by atoms with Gasteiger partial charge in [-0.2, -0.15) is 0 Å². The summed E-state index contributed by atoms with van der Waals surface area (Å²) in [6, 6.07) is 15.0. The Morgan fingerprint density at radius 3 is 2.12 bits per heavy atom. The van der Waals surface area contributed by atoms with Gasteiger partial charge in [-0.15, -0.1) is 0 Å². The molecule has 0 saturated heterocycles. The van der Waals surface area contributed by atoms with Crippen molar-refractivity contribution in [3.63, 3.8) is 0 Å². The van der Waals surface area contributed by atoms with E-state index in [1.807, 2.05) is 0 Å². The monoisotopic (exact) mass is 698 g/mol. The zero-order valence-corrected chi connectivity index (χ0v) is 27.0. The number of carboxylic acid groups (broad SMARTS) is 2. The average molecular weight is 699 g/mol. The Morgan fingerprint density at radius 2 is 1.49 bits per heavy atom. The molecule has 3 aromatic rings. The van der Waals surface area contributed by atoms with E-state index in [1.54, 1.807) is 18.2 Å². The van der Waals surface area contributed by atoms with E-state index in [-0.39, 0.29) is 36.4 Å². The number of aliphatic carboxylic acids is 2. The lowest BCUT2D eigenvalue weighted by Gasteiger charge is -2.33. The second-order valence-electron chi connectivity index (χ2n) is 11.6. The van der Waals surface area contributed by atoms with Gasteiger partial charge in [-0.25, -0.2) is 9.59 Å². The van der Waals surface area contributed by atoms with Gasteiger partial charge in [0.2, 0.25) is 12.7 Å². The summed E-state index contributed by atoms with van der Waals surface area (Å²) in [6.45, 7) is -0.0453. The Morgan fingerprint density at radius 1 is 0.857 bits per heavy atom. The van der Waals surface area contributed by atoms with E-state index in [4.69, 9.17) is 18.9 Å². The summed E-state index contributed by atoms with van der Waals surface area (Å²) in [4.78, 5) is 71.0. The summed E-state index contributed by atoms with van der Waals surface area (Å²) in [5, 5.41) is 21.5. The maximum absolute atomic E-state index is 14.4. The molecule has 2 amide bonds. The Labute approximate surface area is 280 Å². The molecule has 0 spiro atoms. The summed E-state index contributed by atoms with van der Waals surface area (Å²) >= 11 is 0. The molecule has 1 aliphatic heterocycles. The van der Waals surface area contributed by atoms with Gasteiger partial charge < -0.3 is 49.2 Å². The van der Waals surface area contributed by atoms with Crippen LogP contribution in [0.1, 0.15) is 59.6 Å². The van der Waals surface area contributed by atoms with Crippen LogP contribution >= 0.6 is 7.60 Å². The van der Waals surface area contributed by atoms with Gasteiger partial charge >= 0.3 is 19.5 Å². The highest BCUT2D eigenvalue weighted by molar-refractivity contribution is 7.51. The van der Waals surface area contributed by atoms with E-state index in [0.29, 0.717) is 22.6 Å². The zero-order valence-electron chi connectivity index (χ0n) is 26.1. The summed E-state index contributed by atoms with van der Waals surface area (Å²) in [5.74, 6) is -3.42. The largest absolute Gasteiger partial charge is 0.481 e. The number of fused-ring (bicyclic) bond motifs is 1. The smallest absolute Gasteiger partial charge is 0.362 e. The highest BCUT2D eigenvalue weighted by Crippen LogP contribution is 2.36. The number of nitrogens with zero attached hydrogens (tertiary/aromatic N) is 1. The highest BCUT2D eigenvalue weighted by atomic mass is 31.2. The molecule has 1 fully saturated rings. The molecule has 1 saturated carbocycles. The number of amides is 2. The number of rotatable bonds is 14. The second-order valence-corrected chi connectivity index (χ2v) is 13.2. The lowest BCUT2D eigenvalue weighted by molar-refractivity contribution is -0.159. The lowest BCUT2D eigenvalue weighted by atomic mass is 9.94. The molecule has 1 unspecified atom stereocenters. The van der Waals surface area contributed by atoms with Crippen LogP contribution < -0.4 is 24.3 Å². The molecule has 1 atom stereocenters. The van der Waals surface area contributed by atoms with Crippen molar-refractivity contribution in [1.82, 2.24) is 10.2 Å². The minimum Gasteiger partial charge on any atom is -0.481 e. The van der Waals surface area contributed by atoms with Gasteiger partial charge in [0.15, 0.2) is 17.8 Å². The van der Waals surface area contributed by atoms with Gasteiger partial charge in [-0.3, -0.25) is 14.2 Å². The van der Waals surface area contributed by atoms with E-state index in [1.165, 1.54) is 53.4 Å². The number of hydrogen-bond donors (Lipinski definition) is 5. The van der Waals surface area contributed by atoms with Crippen molar-refractivity contribution in [1.29, 1.82) is 0 Å². The molecule has 49 heavy (non-hydrogen) atoms.